The maximum absolute atomic E-state index is 13.4. The minimum Gasteiger partial charge on any atom is -0.444 e. The van der Waals surface area contributed by atoms with Gasteiger partial charge in [-0.05, 0) is 142 Å². The van der Waals surface area contributed by atoms with Gasteiger partial charge < -0.3 is 43.8 Å². The van der Waals surface area contributed by atoms with Gasteiger partial charge in [-0.3, -0.25) is 0 Å². The first-order valence-electron chi connectivity index (χ1n) is 24.4. The number of hydrogen-bond donors (Lipinski definition) is 5. The molecule has 6 atom stereocenters. The van der Waals surface area contributed by atoms with E-state index in [0.717, 1.165) is 81.1 Å². The summed E-state index contributed by atoms with van der Waals surface area (Å²) in [6.07, 6.45) is -13.1. The molecule has 0 saturated carbocycles. The van der Waals surface area contributed by atoms with Crippen molar-refractivity contribution in [1.29, 1.82) is 0 Å². The highest BCUT2D eigenvalue weighted by atomic mass is 35.5. The molecule has 2 aromatic heterocycles. The average Bonchev–Trinajstić information content (AvgIpc) is 2.66. The molecule has 28 heteroatoms. The molecule has 16 nitrogen and oxygen atoms in total. The lowest BCUT2D eigenvalue weighted by Crippen LogP contribution is -2.60. The normalized spacial score (nSPS) is 20.4. The quantitative estimate of drug-likeness (QED) is 0.0816. The van der Waals surface area contributed by atoms with Crippen molar-refractivity contribution in [1.82, 2.24) is 28.8 Å². The highest BCUT2D eigenvalue weighted by molar-refractivity contribution is 7.89. The highest BCUT2D eigenvalue weighted by Gasteiger charge is 2.43. The van der Waals surface area contributed by atoms with Gasteiger partial charge in [-0.15, -0.1) is 26.3 Å². The molecular formula is C53H48Cl4F6N6O10S2. The fraction of sp³-hybridized carbons (Fsp3) is 0.302. The molecule has 2 fully saturated rings. The van der Waals surface area contributed by atoms with Crippen LogP contribution in [0.3, 0.4) is 0 Å². The number of aliphatic hydroxyl groups excluding tert-OH is 2. The predicted molar refractivity (Wildman–Crippen MR) is 294 cm³/mol. The molecule has 0 aliphatic carbocycles. The summed E-state index contributed by atoms with van der Waals surface area (Å²) in [6.45, 7) is 5.27. The van der Waals surface area contributed by atoms with E-state index in [0.29, 0.717) is 37.7 Å². The van der Waals surface area contributed by atoms with E-state index in [4.69, 9.17) is 51.1 Å². The van der Waals surface area contributed by atoms with Gasteiger partial charge in [-0.2, -0.15) is 0 Å². The number of nitrogens with one attached hydrogen (secondary N) is 3. The summed E-state index contributed by atoms with van der Waals surface area (Å²) in [5.41, 5.74) is 2.03. The molecular weight excluding hydrogens is 1200 g/mol. The summed E-state index contributed by atoms with van der Waals surface area (Å²) in [4.78, 5) is 13.9. The van der Waals surface area contributed by atoms with Crippen molar-refractivity contribution in [3.05, 3.63) is 141 Å². The smallest absolute Gasteiger partial charge is 0.444 e. The van der Waals surface area contributed by atoms with Crippen molar-refractivity contribution >= 4 is 116 Å². The van der Waals surface area contributed by atoms with Crippen LogP contribution in [0.15, 0.2) is 131 Å². The first-order valence-corrected chi connectivity index (χ1v) is 28.9. The zero-order chi connectivity index (χ0) is 58.7. The minimum atomic E-state index is -4.95. The monoisotopic (exact) mass is 1250 g/mol. The van der Waals surface area contributed by atoms with Gasteiger partial charge in [0.2, 0.25) is 20.0 Å². The Morgan fingerprint density at radius 2 is 0.901 bits per heavy atom. The number of likely N-dealkylation sites (tertiary alicyclic amines) is 1. The van der Waals surface area contributed by atoms with Crippen molar-refractivity contribution in [2.45, 2.75) is 85.3 Å². The molecule has 2 aliphatic heterocycles. The van der Waals surface area contributed by atoms with Crippen molar-refractivity contribution in [2.24, 2.45) is 0 Å². The summed E-state index contributed by atoms with van der Waals surface area (Å²) in [5, 5.41) is 31.3. The van der Waals surface area contributed by atoms with E-state index in [1.165, 1.54) is 4.90 Å². The van der Waals surface area contributed by atoms with E-state index in [1.54, 1.807) is 81.4 Å². The summed E-state index contributed by atoms with van der Waals surface area (Å²) in [7, 11) is -8.57. The number of nitrogens with zero attached hydrogens (tertiary/aromatic N) is 3. The number of halogens is 10. The number of ether oxygens (including phenoxy) is 3. The van der Waals surface area contributed by atoms with Crippen LogP contribution in [-0.4, -0.2) is 116 Å². The number of sulfonamides is 2. The third kappa shape index (κ3) is 13.5. The maximum Gasteiger partial charge on any atom is 0.573 e. The molecule has 5 N–H and O–H groups in total. The SMILES string of the molecule is CC(C)(C)OC(=O)N1C[C@@H](NS(=O)(=O)c2ccc(OC(F)(F)F)cc2)[C@H](O)[C@@H](n2c3ccc(Cl)cc3c3cc(Cl)ccc32)C1.O=S(=O)(N[C@@H]1CNC[C@H](n2c3ccc(Cl)cc3c3cc(Cl)ccc32)[C@H]1O)c1ccc(OC(F)(F)F)cc1. The van der Waals surface area contributed by atoms with Gasteiger partial charge in [0.25, 0.3) is 0 Å². The lowest BCUT2D eigenvalue weighted by Gasteiger charge is -2.42. The van der Waals surface area contributed by atoms with Crippen LogP contribution in [0.4, 0.5) is 31.1 Å². The zero-order valence-corrected chi connectivity index (χ0v) is 47.1. The van der Waals surface area contributed by atoms with E-state index in [1.807, 2.05) is 21.3 Å². The number of hydrogen-bond acceptors (Lipinski definition) is 11. The van der Waals surface area contributed by atoms with Crippen LogP contribution in [0.1, 0.15) is 32.9 Å². The molecule has 0 radical (unpaired) electrons. The van der Waals surface area contributed by atoms with Crippen LogP contribution in [0, 0.1) is 0 Å². The topological polar surface area (TPSA) is 203 Å². The van der Waals surface area contributed by atoms with Gasteiger partial charge in [0.15, 0.2) is 0 Å². The second kappa shape index (κ2) is 22.8. The van der Waals surface area contributed by atoms with E-state index >= 15 is 0 Å². The Morgan fingerprint density at radius 3 is 1.27 bits per heavy atom. The first-order chi connectivity index (χ1) is 37.8. The Bertz CT molecular complexity index is 3790. The van der Waals surface area contributed by atoms with Crippen LogP contribution < -0.4 is 24.2 Å². The van der Waals surface area contributed by atoms with Crippen molar-refractivity contribution in [2.75, 3.05) is 26.2 Å². The van der Waals surface area contributed by atoms with Crippen molar-refractivity contribution < 1.29 is 72.4 Å². The molecule has 0 bridgehead atoms. The molecule has 81 heavy (non-hydrogen) atoms. The van der Waals surface area contributed by atoms with Crippen molar-refractivity contribution in [3.8, 4) is 11.5 Å². The Kier molecular flexibility index (Phi) is 16.8. The molecule has 10 rings (SSSR count). The van der Waals surface area contributed by atoms with Crippen LogP contribution >= 0.6 is 46.4 Å². The standard InChI is InChI=1S/C29H28Cl2F3N3O6S.C24H20Cl2F3N3O4S/c1-28(2,3)43-27(39)36-14-22(35-44(40,41)19-8-6-18(7-9-19)42-29(32,33)34)26(38)25(15-36)37-23-10-4-16(30)12-20(23)21-13-17(31)5-11-24(21)37;25-13-1-7-20-17(9-13)18-10-14(26)2-8-21(18)32(20)22-12-30-11-19(23(22)33)31-37(34,35)16-5-3-15(4-6-16)36-24(27,28)29/h4-13,22,25-26,35,38H,14-15H2,1-3H3;1-10,19,22-23,30-31,33H,11-12H2/t22-,25+,26+;19-,22+,23+/m11/s1. The summed E-state index contributed by atoms with van der Waals surface area (Å²) in [5.74, 6) is -1.14. The van der Waals surface area contributed by atoms with E-state index in [2.05, 4.69) is 24.2 Å². The second-order valence-electron chi connectivity index (χ2n) is 20.0. The van der Waals surface area contributed by atoms with Gasteiger partial charge in [-0.1, -0.05) is 46.4 Å². The lowest BCUT2D eigenvalue weighted by atomic mass is 9.97. The van der Waals surface area contributed by atoms with Crippen LogP contribution in [-0.2, 0) is 24.8 Å². The maximum atomic E-state index is 13.4. The molecule has 2 saturated heterocycles. The fourth-order valence-corrected chi connectivity index (χ4v) is 13.2. The number of alkyl halides is 6. The molecule has 1 amide bonds. The number of amides is 1. The summed E-state index contributed by atoms with van der Waals surface area (Å²) in [6, 6.07) is 24.9. The van der Waals surface area contributed by atoms with Gasteiger partial charge in [0, 0.05) is 89.9 Å². The third-order valence-electron chi connectivity index (χ3n) is 13.3. The average molecular weight is 1250 g/mol. The van der Waals surface area contributed by atoms with Crippen LogP contribution in [0.25, 0.3) is 43.6 Å². The molecule has 6 aromatic carbocycles. The number of benzene rings is 6. The number of piperidine rings is 2. The van der Waals surface area contributed by atoms with Gasteiger partial charge in [0.05, 0.1) is 46.2 Å². The predicted octanol–water partition coefficient (Wildman–Crippen LogP) is 11.4. The number of rotatable bonds is 10. The summed E-state index contributed by atoms with van der Waals surface area (Å²) < 4.78 is 150. The minimum absolute atomic E-state index is 0.0398. The Labute approximate surface area is 479 Å². The molecule has 432 valence electrons. The molecule has 0 spiro atoms. The van der Waals surface area contributed by atoms with E-state index in [9.17, 15) is 58.2 Å². The molecule has 4 heterocycles. The summed E-state index contributed by atoms with van der Waals surface area (Å²) >= 11 is 25.1. The number of aromatic nitrogens is 2. The molecule has 2 aliphatic rings. The number of aliphatic hydroxyl groups is 2. The highest BCUT2D eigenvalue weighted by Crippen LogP contribution is 2.40. The van der Waals surface area contributed by atoms with E-state index < -0.39 is 92.3 Å². The second-order valence-corrected chi connectivity index (χ2v) is 25.2. The third-order valence-corrected chi connectivity index (χ3v) is 17.2. The fourth-order valence-electron chi connectivity index (χ4n) is 9.98. The van der Waals surface area contributed by atoms with Gasteiger partial charge >= 0.3 is 18.8 Å². The zero-order valence-electron chi connectivity index (χ0n) is 42.4. The van der Waals surface area contributed by atoms with Gasteiger partial charge in [-0.25, -0.2) is 31.1 Å². The van der Waals surface area contributed by atoms with E-state index in [-0.39, 0.29) is 29.4 Å². The number of carbonyl (C=O) groups is 1. The number of carbonyl (C=O) groups excluding carboxylic acids is 1. The largest absolute Gasteiger partial charge is 0.573 e. The van der Waals surface area contributed by atoms with Crippen molar-refractivity contribution in [3.63, 3.8) is 0 Å². The Balaban J connectivity index is 0.000000198. The van der Waals surface area contributed by atoms with Gasteiger partial charge in [0.1, 0.15) is 17.1 Å². The Hall–Kier alpha value is -5.77. The molecule has 8 aromatic rings. The molecule has 0 unspecified atom stereocenters. The first kappa shape index (κ1) is 59.8. The van der Waals surface area contributed by atoms with Crippen LogP contribution in [0.5, 0.6) is 11.5 Å². The number of fused-ring (bicyclic) bond motifs is 6. The lowest BCUT2D eigenvalue weighted by molar-refractivity contribution is -0.275. The Morgan fingerprint density at radius 1 is 0.543 bits per heavy atom. The van der Waals surface area contributed by atoms with Crippen LogP contribution in [0.2, 0.25) is 20.1 Å².